The fourth-order valence-electron chi connectivity index (χ4n) is 1.24. The van der Waals surface area contributed by atoms with E-state index < -0.39 is 22.3 Å². The number of fused-ring (bicyclic) bond motifs is 1. The molecule has 0 fully saturated rings. The van der Waals surface area contributed by atoms with Crippen LogP contribution in [-0.4, -0.2) is 10.8 Å². The maximum atomic E-state index is 13.2. The van der Waals surface area contributed by atoms with E-state index >= 15 is 0 Å². The molecule has 6 nitrogen and oxygen atoms in total. The Morgan fingerprint density at radius 2 is 2.19 bits per heavy atom. The van der Waals surface area contributed by atoms with Gasteiger partial charge in [-0.05, 0) is 0 Å². The van der Waals surface area contributed by atoms with Crippen LogP contribution >= 0.6 is 0 Å². The Morgan fingerprint density at radius 1 is 1.50 bits per heavy atom. The minimum atomic E-state index is -1.04. The number of nitrogens with one attached hydrogen (secondary N) is 1. The number of hydrogen-bond donors (Lipinski definition) is 1. The molecule has 0 aliphatic carbocycles. The molecule has 0 unspecified atom stereocenters. The average Bonchev–Trinajstić information content (AvgIpc) is 2.19. The van der Waals surface area contributed by atoms with Gasteiger partial charge in [-0.15, -0.1) is 0 Å². The van der Waals surface area contributed by atoms with Crippen LogP contribution in [0.3, 0.4) is 0 Å². The van der Waals surface area contributed by atoms with Gasteiger partial charge in [0.15, 0.2) is 11.5 Å². The van der Waals surface area contributed by atoms with Crippen molar-refractivity contribution in [1.82, 2.24) is 0 Å². The number of nitro groups is 1. The average molecular weight is 224 g/mol. The third-order valence-electron chi connectivity index (χ3n) is 1.98. The molecule has 0 saturated carbocycles. The van der Waals surface area contributed by atoms with E-state index in [0.29, 0.717) is 0 Å². The van der Waals surface area contributed by atoms with E-state index in [1.54, 1.807) is 0 Å². The SMILES string of the molecule is C=C1Oc2cc([N+](=O)[O-])c(F)cc2NC1=O. The maximum absolute atomic E-state index is 13.2. The molecule has 0 atom stereocenters. The molecule has 0 aromatic heterocycles. The van der Waals surface area contributed by atoms with Gasteiger partial charge < -0.3 is 10.1 Å². The first kappa shape index (κ1) is 10.1. The van der Waals surface area contributed by atoms with E-state index in [0.717, 1.165) is 12.1 Å². The number of amides is 1. The summed E-state index contributed by atoms with van der Waals surface area (Å²) in [5.74, 6) is -1.85. The minimum Gasteiger partial charge on any atom is -0.450 e. The van der Waals surface area contributed by atoms with E-state index in [4.69, 9.17) is 4.74 Å². The topological polar surface area (TPSA) is 81.5 Å². The first-order chi connectivity index (χ1) is 7.49. The summed E-state index contributed by atoms with van der Waals surface area (Å²) in [5.41, 5.74) is -0.678. The number of nitro benzene ring substituents is 1. The summed E-state index contributed by atoms with van der Waals surface area (Å²) >= 11 is 0. The van der Waals surface area contributed by atoms with Crippen molar-refractivity contribution in [1.29, 1.82) is 0 Å². The van der Waals surface area contributed by atoms with Crippen molar-refractivity contribution in [2.75, 3.05) is 5.32 Å². The molecule has 1 N–H and O–H groups in total. The lowest BCUT2D eigenvalue weighted by molar-refractivity contribution is -0.387. The van der Waals surface area contributed by atoms with Crippen LogP contribution in [0.25, 0.3) is 0 Å². The van der Waals surface area contributed by atoms with E-state index in [1.807, 2.05) is 0 Å². The van der Waals surface area contributed by atoms with Crippen LogP contribution in [0.5, 0.6) is 5.75 Å². The second-order valence-corrected chi connectivity index (χ2v) is 3.04. The number of carbonyl (C=O) groups excluding carboxylic acids is 1. The van der Waals surface area contributed by atoms with E-state index in [9.17, 15) is 19.3 Å². The van der Waals surface area contributed by atoms with Crippen LogP contribution in [0.1, 0.15) is 0 Å². The Labute approximate surface area is 88.5 Å². The molecule has 1 aliphatic rings. The summed E-state index contributed by atoms with van der Waals surface area (Å²) in [6.45, 7) is 3.29. The smallest absolute Gasteiger partial charge is 0.308 e. The highest BCUT2D eigenvalue weighted by Crippen LogP contribution is 2.35. The van der Waals surface area contributed by atoms with Crippen molar-refractivity contribution in [3.63, 3.8) is 0 Å². The van der Waals surface area contributed by atoms with Gasteiger partial charge >= 0.3 is 5.69 Å². The molecule has 0 radical (unpaired) electrons. The molecule has 82 valence electrons. The van der Waals surface area contributed by atoms with E-state index in [1.165, 1.54) is 0 Å². The maximum Gasteiger partial charge on any atom is 0.308 e. The van der Waals surface area contributed by atoms with Crippen molar-refractivity contribution in [2.24, 2.45) is 0 Å². The number of halogens is 1. The van der Waals surface area contributed by atoms with Crippen LogP contribution in [0, 0.1) is 15.9 Å². The van der Waals surface area contributed by atoms with Crippen LogP contribution in [0.4, 0.5) is 15.8 Å². The minimum absolute atomic E-state index is 0.00213. The number of nitrogens with zero attached hydrogens (tertiary/aromatic N) is 1. The standard InChI is InChI=1S/C9H5FN2O4/c1-4-9(13)11-6-2-5(10)7(12(14)15)3-8(6)16-4/h2-3H,1H2,(H,11,13). The Balaban J connectivity index is 2.55. The number of benzene rings is 1. The predicted molar refractivity (Wildman–Crippen MR) is 51.5 cm³/mol. The first-order valence-electron chi connectivity index (χ1n) is 4.15. The van der Waals surface area contributed by atoms with Crippen molar-refractivity contribution in [2.45, 2.75) is 0 Å². The zero-order chi connectivity index (χ0) is 11.9. The summed E-state index contributed by atoms with van der Waals surface area (Å²) in [7, 11) is 0. The van der Waals surface area contributed by atoms with Crippen LogP contribution in [-0.2, 0) is 4.79 Å². The lowest BCUT2D eigenvalue weighted by atomic mass is 10.2. The third-order valence-corrected chi connectivity index (χ3v) is 1.98. The number of ether oxygens (including phenoxy) is 1. The second kappa shape index (κ2) is 3.30. The zero-order valence-electron chi connectivity index (χ0n) is 7.82. The monoisotopic (exact) mass is 224 g/mol. The van der Waals surface area contributed by atoms with Crippen molar-refractivity contribution in [3.05, 3.63) is 40.4 Å². The molecular weight excluding hydrogens is 219 g/mol. The fourth-order valence-corrected chi connectivity index (χ4v) is 1.24. The predicted octanol–water partition coefficient (Wildman–Crippen LogP) is 1.58. The molecule has 2 rings (SSSR count). The van der Waals surface area contributed by atoms with Crippen LogP contribution in [0.15, 0.2) is 24.5 Å². The summed E-state index contributed by atoms with van der Waals surface area (Å²) in [4.78, 5) is 20.7. The normalized spacial score (nSPS) is 13.8. The lowest BCUT2D eigenvalue weighted by Crippen LogP contribution is -2.23. The van der Waals surface area contributed by atoms with Crippen molar-refractivity contribution < 1.29 is 18.8 Å². The Hall–Kier alpha value is -2.44. The highest BCUT2D eigenvalue weighted by atomic mass is 19.1. The first-order valence-corrected chi connectivity index (χ1v) is 4.15. The molecule has 1 aromatic carbocycles. The Kier molecular flexibility index (Phi) is 2.08. The quantitative estimate of drug-likeness (QED) is 0.446. The molecule has 16 heavy (non-hydrogen) atoms. The van der Waals surface area contributed by atoms with Gasteiger partial charge in [-0.2, -0.15) is 4.39 Å². The van der Waals surface area contributed by atoms with Gasteiger partial charge in [0.2, 0.25) is 5.82 Å². The molecule has 7 heteroatoms. The number of carbonyl (C=O) groups is 1. The molecule has 0 saturated heterocycles. The van der Waals surface area contributed by atoms with Gasteiger partial charge in [-0.3, -0.25) is 14.9 Å². The summed E-state index contributed by atoms with van der Waals surface area (Å²) in [5, 5.41) is 12.7. The van der Waals surface area contributed by atoms with Crippen LogP contribution < -0.4 is 10.1 Å². The molecular formula is C9H5FN2O4. The summed E-state index contributed by atoms with van der Waals surface area (Å²) in [6.07, 6.45) is 0. The zero-order valence-corrected chi connectivity index (χ0v) is 7.82. The van der Waals surface area contributed by atoms with Crippen molar-refractivity contribution >= 4 is 17.3 Å². The third kappa shape index (κ3) is 1.48. The Bertz CT molecular complexity index is 526. The molecule has 0 bridgehead atoms. The molecule has 0 spiro atoms. The molecule has 1 heterocycles. The molecule has 1 aliphatic heterocycles. The lowest BCUT2D eigenvalue weighted by Gasteiger charge is -2.18. The number of anilines is 1. The largest absolute Gasteiger partial charge is 0.450 e. The van der Waals surface area contributed by atoms with Gasteiger partial charge in [-0.1, -0.05) is 6.58 Å². The van der Waals surface area contributed by atoms with Gasteiger partial charge in [-0.25, -0.2) is 0 Å². The van der Waals surface area contributed by atoms with Crippen LogP contribution in [0.2, 0.25) is 0 Å². The number of hydrogen-bond acceptors (Lipinski definition) is 4. The fraction of sp³-hybridized carbons (Fsp3) is 0. The highest BCUT2D eigenvalue weighted by molar-refractivity contribution is 6.05. The second-order valence-electron chi connectivity index (χ2n) is 3.04. The van der Waals surface area contributed by atoms with Crippen molar-refractivity contribution in [3.8, 4) is 5.75 Å². The van der Waals surface area contributed by atoms with Gasteiger partial charge in [0, 0.05) is 6.07 Å². The molecule has 1 amide bonds. The van der Waals surface area contributed by atoms with Gasteiger partial charge in [0.1, 0.15) is 0 Å². The highest BCUT2D eigenvalue weighted by Gasteiger charge is 2.25. The number of rotatable bonds is 1. The van der Waals surface area contributed by atoms with Gasteiger partial charge in [0.05, 0.1) is 16.7 Å². The van der Waals surface area contributed by atoms with Gasteiger partial charge in [0.25, 0.3) is 5.91 Å². The molecule has 1 aromatic rings. The van der Waals surface area contributed by atoms with E-state index in [2.05, 4.69) is 11.9 Å². The summed E-state index contributed by atoms with van der Waals surface area (Å²) < 4.78 is 18.1. The Morgan fingerprint density at radius 3 is 2.81 bits per heavy atom. The summed E-state index contributed by atoms with van der Waals surface area (Å²) in [6, 6.07) is 1.73. The van der Waals surface area contributed by atoms with E-state index in [-0.39, 0.29) is 17.2 Å².